The summed E-state index contributed by atoms with van der Waals surface area (Å²) in [6, 6.07) is 18.1. The highest BCUT2D eigenvalue weighted by Crippen LogP contribution is 2.43. The molecule has 4 aromatic carbocycles. The number of carbonyl (C=O) groups excluding carboxylic acids is 4. The second-order valence-electron chi connectivity index (χ2n) is 18.4. The van der Waals surface area contributed by atoms with E-state index < -0.39 is 36.2 Å². The summed E-state index contributed by atoms with van der Waals surface area (Å²) in [5, 5.41) is 6.97. The number of rotatable bonds is 12. The van der Waals surface area contributed by atoms with E-state index in [0.29, 0.717) is 33.3 Å². The summed E-state index contributed by atoms with van der Waals surface area (Å²) in [6.07, 6.45) is 3.26. The fourth-order valence-corrected chi connectivity index (χ4v) is 10.8. The van der Waals surface area contributed by atoms with Gasteiger partial charge in [-0.25, -0.2) is 18.4 Å². The Kier molecular flexibility index (Phi) is 13.2. The van der Waals surface area contributed by atoms with Gasteiger partial charge in [-0.1, -0.05) is 47.5 Å². The van der Waals surface area contributed by atoms with E-state index in [2.05, 4.69) is 20.4 Å². The van der Waals surface area contributed by atoms with Crippen LogP contribution in [0.1, 0.15) is 57.5 Å². The highest BCUT2D eigenvalue weighted by molar-refractivity contribution is 6.32. The van der Waals surface area contributed by atoms with Crippen LogP contribution in [0.15, 0.2) is 84.9 Å². The Bertz CT molecular complexity index is 2430. The smallest absolute Gasteiger partial charge is 0.334 e. The predicted octanol–water partition coefficient (Wildman–Crippen LogP) is 6.71. The van der Waals surface area contributed by atoms with Gasteiger partial charge in [-0.3, -0.25) is 9.59 Å². The molecule has 8 aliphatic rings. The minimum atomic E-state index is -1.25. The van der Waals surface area contributed by atoms with E-state index >= 15 is 0 Å². The number of nitrogens with one attached hydrogen (secondary N) is 2. The van der Waals surface area contributed by atoms with Gasteiger partial charge in [0.2, 0.25) is 0 Å². The molecule has 18 heteroatoms. The van der Waals surface area contributed by atoms with Gasteiger partial charge in [0.15, 0.2) is 11.5 Å². The van der Waals surface area contributed by atoms with Crippen LogP contribution in [0.4, 0.5) is 20.2 Å². The van der Waals surface area contributed by atoms with Crippen molar-refractivity contribution in [2.24, 2.45) is 11.8 Å². The van der Waals surface area contributed by atoms with Gasteiger partial charge in [-0.2, -0.15) is 0 Å². The summed E-state index contributed by atoms with van der Waals surface area (Å²) in [6.45, 7) is 5.94. The molecule has 2 amide bonds. The molecule has 4 bridgehead atoms. The van der Waals surface area contributed by atoms with E-state index in [-0.39, 0.29) is 72.7 Å². The van der Waals surface area contributed by atoms with Crippen molar-refractivity contribution < 1.29 is 46.9 Å². The maximum atomic E-state index is 14.0. The Labute approximate surface area is 402 Å². The van der Waals surface area contributed by atoms with E-state index in [0.717, 1.165) is 88.2 Å². The van der Waals surface area contributed by atoms with Gasteiger partial charge in [0.1, 0.15) is 11.6 Å². The Morgan fingerprint density at radius 1 is 0.588 bits per heavy atom. The molecule has 356 valence electrons. The molecular formula is C50H50Cl2F2N6O8. The summed E-state index contributed by atoms with van der Waals surface area (Å²) < 4.78 is 51.8. The molecule has 2 N–H and O–H groups in total. The Hall–Kier alpha value is -5.94. The monoisotopic (exact) mass is 970 g/mol. The Morgan fingerprint density at radius 3 is 1.32 bits per heavy atom. The van der Waals surface area contributed by atoms with Crippen molar-refractivity contribution in [1.29, 1.82) is 0 Å². The maximum absolute atomic E-state index is 14.0. The zero-order valence-electron chi connectivity index (χ0n) is 37.0. The molecule has 0 saturated carbocycles. The number of esters is 2. The molecule has 6 saturated heterocycles. The largest absolute Gasteiger partial charge is 0.450 e. The van der Waals surface area contributed by atoms with Gasteiger partial charge in [-0.05, 0) is 123 Å². The molecule has 4 unspecified atom stereocenters. The van der Waals surface area contributed by atoms with Crippen molar-refractivity contribution in [2.45, 2.75) is 63.4 Å². The van der Waals surface area contributed by atoms with Crippen molar-refractivity contribution >= 4 is 58.3 Å². The normalized spacial score (nSPS) is 25.7. The molecule has 0 aromatic heterocycles. The second-order valence-corrected chi connectivity index (χ2v) is 19.2. The van der Waals surface area contributed by atoms with Crippen LogP contribution in [0, 0.1) is 23.5 Å². The van der Waals surface area contributed by atoms with Gasteiger partial charge in [0, 0.05) is 60.5 Å². The fourth-order valence-electron chi connectivity index (χ4n) is 10.4. The molecule has 14 nitrogen and oxygen atoms in total. The summed E-state index contributed by atoms with van der Waals surface area (Å²) >= 11 is 13.2. The molecule has 12 rings (SSSR count). The number of nitrogens with zero attached hydrogens (tertiary/aromatic N) is 4. The van der Waals surface area contributed by atoms with Gasteiger partial charge in [0.25, 0.3) is 24.4 Å². The second kappa shape index (κ2) is 19.6. The lowest BCUT2D eigenvalue weighted by Gasteiger charge is -2.45. The predicted molar refractivity (Wildman–Crippen MR) is 249 cm³/mol. The van der Waals surface area contributed by atoms with E-state index in [9.17, 15) is 28.0 Å². The van der Waals surface area contributed by atoms with E-state index in [4.69, 9.17) is 42.1 Å². The maximum Gasteiger partial charge on any atom is 0.334 e. The summed E-state index contributed by atoms with van der Waals surface area (Å²) in [4.78, 5) is 63.2. The van der Waals surface area contributed by atoms with Crippen LogP contribution in [0.2, 0.25) is 10.0 Å². The third kappa shape index (κ3) is 10.2. The van der Waals surface area contributed by atoms with Crippen molar-refractivity contribution in [1.82, 2.24) is 20.4 Å². The molecule has 68 heavy (non-hydrogen) atoms. The number of anilines is 2. The highest BCUT2D eigenvalue weighted by Gasteiger charge is 2.39. The Balaban J connectivity index is 0.849. The van der Waals surface area contributed by atoms with Crippen LogP contribution >= 0.6 is 23.2 Å². The van der Waals surface area contributed by atoms with E-state index in [1.807, 2.05) is 9.80 Å². The highest BCUT2D eigenvalue weighted by atomic mass is 35.5. The molecular weight excluding hydrogens is 921 g/mol. The average molecular weight is 972 g/mol. The summed E-state index contributed by atoms with van der Waals surface area (Å²) in [5.74, 6) is -2.44. The SMILES string of the molecule is O=C(/C=C/C(=O)OC1CN(Cc2ccc(F)cc2)c2cc(Cl)cc(C(=O)NC3CN4CCC3CC4)c2O1)OC1CN(Cc2ccc(F)cc2)c2cc(Cl)cc(C(=O)NC3CN4CCC3CC4)c2O1. The standard InChI is InChI=1S/C50H50Cl2F2N6O8/c51-33-19-37(49(63)55-39-25-57-15-11-31(39)12-16-57)47-41(21-33)59(23-29-1-5-35(53)6-2-29)27-45(67-47)65-43(61)9-10-44(62)66-46-28-60(24-30-3-7-36(54)8-4-30)42-22-34(52)20-38(48(42)68-46)50(64)56-40-26-58-17-13-32(40)14-18-58/h1-10,19-22,31-32,39-40,45-46H,11-18,23-28H2,(H,55,63)(H,56,64)/b10-9+. The molecule has 0 radical (unpaired) electrons. The van der Waals surface area contributed by atoms with Crippen LogP contribution < -0.4 is 29.9 Å². The molecule has 0 spiro atoms. The first-order valence-electron chi connectivity index (χ1n) is 23.0. The third-order valence-electron chi connectivity index (χ3n) is 13.8. The number of carbonyl (C=O) groups is 4. The van der Waals surface area contributed by atoms with Crippen LogP contribution in [0.25, 0.3) is 0 Å². The van der Waals surface area contributed by atoms with Crippen LogP contribution in [0.3, 0.4) is 0 Å². The first-order chi connectivity index (χ1) is 32.9. The number of benzene rings is 4. The third-order valence-corrected chi connectivity index (χ3v) is 14.3. The van der Waals surface area contributed by atoms with E-state index in [1.165, 1.54) is 36.4 Å². The molecule has 8 aliphatic heterocycles. The minimum absolute atomic E-state index is 0.00569. The van der Waals surface area contributed by atoms with Crippen molar-refractivity contribution in [2.75, 3.05) is 62.2 Å². The number of hydrogen-bond donors (Lipinski definition) is 2. The minimum Gasteiger partial charge on any atom is -0.450 e. The van der Waals surface area contributed by atoms with Gasteiger partial charge in [-0.15, -0.1) is 0 Å². The van der Waals surface area contributed by atoms with Crippen LogP contribution in [-0.4, -0.2) is 111 Å². The van der Waals surface area contributed by atoms with Crippen LogP contribution in [-0.2, 0) is 32.2 Å². The van der Waals surface area contributed by atoms with Crippen molar-refractivity contribution in [3.63, 3.8) is 0 Å². The average Bonchev–Trinajstić information content (AvgIpc) is 3.33. The lowest BCUT2D eigenvalue weighted by Crippen LogP contribution is -2.57. The van der Waals surface area contributed by atoms with Gasteiger partial charge in [0.05, 0.1) is 35.6 Å². The number of ether oxygens (including phenoxy) is 4. The van der Waals surface area contributed by atoms with Crippen molar-refractivity contribution in [3.05, 3.63) is 129 Å². The van der Waals surface area contributed by atoms with E-state index in [1.54, 1.807) is 36.4 Å². The zero-order valence-corrected chi connectivity index (χ0v) is 38.5. The molecule has 4 atom stereocenters. The number of hydrogen-bond acceptors (Lipinski definition) is 12. The lowest BCUT2D eigenvalue weighted by molar-refractivity contribution is -0.160. The summed E-state index contributed by atoms with van der Waals surface area (Å²) in [5.41, 5.74) is 2.77. The molecule has 8 heterocycles. The molecule has 4 aromatic rings. The quantitative estimate of drug-likeness (QED) is 0.115. The number of fused-ring (bicyclic) bond motifs is 8. The number of halogens is 4. The van der Waals surface area contributed by atoms with Gasteiger partial charge >= 0.3 is 11.9 Å². The van der Waals surface area contributed by atoms with Crippen LogP contribution in [0.5, 0.6) is 11.5 Å². The first kappa shape index (κ1) is 45.8. The topological polar surface area (TPSA) is 142 Å². The fraction of sp³-hybridized carbons (Fsp3) is 0.400. The first-order valence-corrected chi connectivity index (χ1v) is 23.8. The number of amides is 2. The zero-order chi connectivity index (χ0) is 47.1. The molecule has 6 fully saturated rings. The Morgan fingerprint density at radius 2 is 0.971 bits per heavy atom. The molecule has 0 aliphatic carbocycles. The lowest BCUT2D eigenvalue weighted by atomic mass is 9.84. The van der Waals surface area contributed by atoms with Crippen molar-refractivity contribution in [3.8, 4) is 11.5 Å². The van der Waals surface area contributed by atoms with Gasteiger partial charge < -0.3 is 49.2 Å². The number of piperidine rings is 6. The summed E-state index contributed by atoms with van der Waals surface area (Å²) in [7, 11) is 0.